The molecular weight excluding hydrogens is 330 g/mol. The van der Waals surface area contributed by atoms with Crippen molar-refractivity contribution in [3.05, 3.63) is 34.3 Å². The van der Waals surface area contributed by atoms with Gasteiger partial charge in [0.2, 0.25) is 0 Å². The average Bonchev–Trinajstić information content (AvgIpc) is 3.05. The standard InChI is InChI=1S/C17H22BrNO2/c1-2-14(10-4-3-5-13(18)9-10)19-16-12-7-6-11(8-12)15(16)17(20)21/h3-5,9,11-12,14-16,19H,2,6-8H2,1H3,(H,20,21). The Morgan fingerprint density at radius 2 is 2.19 bits per heavy atom. The van der Waals surface area contributed by atoms with Crippen molar-refractivity contribution in [2.24, 2.45) is 17.8 Å². The van der Waals surface area contributed by atoms with E-state index in [1.54, 1.807) is 0 Å². The molecule has 2 N–H and O–H groups in total. The predicted octanol–water partition coefficient (Wildman–Crippen LogP) is 3.99. The van der Waals surface area contributed by atoms with Gasteiger partial charge in [-0.2, -0.15) is 0 Å². The molecule has 2 fully saturated rings. The summed E-state index contributed by atoms with van der Waals surface area (Å²) in [6.07, 6.45) is 4.33. The summed E-state index contributed by atoms with van der Waals surface area (Å²) in [6.45, 7) is 2.15. The van der Waals surface area contributed by atoms with Gasteiger partial charge in [0.05, 0.1) is 5.92 Å². The highest BCUT2D eigenvalue weighted by Gasteiger charge is 2.51. The molecule has 21 heavy (non-hydrogen) atoms. The largest absolute Gasteiger partial charge is 0.481 e. The number of nitrogens with one attached hydrogen (secondary N) is 1. The van der Waals surface area contributed by atoms with Crippen LogP contribution in [0.25, 0.3) is 0 Å². The Balaban J connectivity index is 1.79. The SMILES string of the molecule is CCC(NC1C2CCC(C2)C1C(=O)O)c1cccc(Br)c1. The Morgan fingerprint density at radius 3 is 2.86 bits per heavy atom. The summed E-state index contributed by atoms with van der Waals surface area (Å²) < 4.78 is 1.07. The molecule has 5 atom stereocenters. The van der Waals surface area contributed by atoms with Crippen LogP contribution in [0.1, 0.15) is 44.2 Å². The van der Waals surface area contributed by atoms with Crippen LogP contribution < -0.4 is 5.32 Å². The molecule has 2 aliphatic carbocycles. The third-order valence-electron chi connectivity index (χ3n) is 5.25. The van der Waals surface area contributed by atoms with Gasteiger partial charge in [0, 0.05) is 16.6 Å². The van der Waals surface area contributed by atoms with Crippen molar-refractivity contribution in [3.8, 4) is 0 Å². The number of aliphatic carboxylic acids is 1. The number of rotatable bonds is 5. The van der Waals surface area contributed by atoms with Crippen molar-refractivity contribution in [1.82, 2.24) is 5.32 Å². The van der Waals surface area contributed by atoms with E-state index in [1.165, 1.54) is 12.0 Å². The van der Waals surface area contributed by atoms with E-state index in [9.17, 15) is 9.90 Å². The lowest BCUT2D eigenvalue weighted by molar-refractivity contribution is -0.144. The molecule has 3 nitrogen and oxygen atoms in total. The van der Waals surface area contributed by atoms with Crippen LogP contribution in [0.2, 0.25) is 0 Å². The summed E-state index contributed by atoms with van der Waals surface area (Å²) in [7, 11) is 0. The zero-order valence-corrected chi connectivity index (χ0v) is 13.8. The topological polar surface area (TPSA) is 49.3 Å². The van der Waals surface area contributed by atoms with Crippen LogP contribution in [0.15, 0.2) is 28.7 Å². The molecule has 1 aromatic rings. The number of halogens is 1. The van der Waals surface area contributed by atoms with Crippen molar-refractivity contribution < 1.29 is 9.90 Å². The van der Waals surface area contributed by atoms with Crippen LogP contribution in [-0.4, -0.2) is 17.1 Å². The number of benzene rings is 1. The van der Waals surface area contributed by atoms with E-state index >= 15 is 0 Å². The van der Waals surface area contributed by atoms with E-state index in [1.807, 2.05) is 12.1 Å². The van der Waals surface area contributed by atoms with Gasteiger partial charge in [-0.25, -0.2) is 0 Å². The Morgan fingerprint density at radius 1 is 1.43 bits per heavy atom. The molecule has 0 aromatic heterocycles. The second-order valence-corrected chi connectivity index (χ2v) is 7.32. The summed E-state index contributed by atoms with van der Waals surface area (Å²) in [5.74, 6) is 0.0936. The molecular formula is C17H22BrNO2. The highest BCUT2D eigenvalue weighted by molar-refractivity contribution is 9.10. The summed E-state index contributed by atoms with van der Waals surface area (Å²) in [6, 6.07) is 8.67. The molecule has 2 bridgehead atoms. The number of fused-ring (bicyclic) bond motifs is 2. The van der Waals surface area contributed by atoms with Gasteiger partial charge in [0.15, 0.2) is 0 Å². The second kappa shape index (κ2) is 6.09. The summed E-state index contributed by atoms with van der Waals surface area (Å²) in [5.41, 5.74) is 1.23. The zero-order valence-electron chi connectivity index (χ0n) is 12.3. The number of carbonyl (C=O) groups is 1. The first-order valence-electron chi connectivity index (χ1n) is 7.84. The van der Waals surface area contributed by atoms with Crippen LogP contribution >= 0.6 is 15.9 Å². The maximum absolute atomic E-state index is 11.6. The first-order chi connectivity index (χ1) is 10.1. The minimum atomic E-state index is -0.621. The lowest BCUT2D eigenvalue weighted by Crippen LogP contribution is -2.45. The average molecular weight is 352 g/mol. The van der Waals surface area contributed by atoms with E-state index < -0.39 is 5.97 Å². The van der Waals surface area contributed by atoms with Gasteiger partial charge in [-0.15, -0.1) is 0 Å². The molecule has 2 saturated carbocycles. The van der Waals surface area contributed by atoms with Gasteiger partial charge >= 0.3 is 5.97 Å². The lowest BCUT2D eigenvalue weighted by atomic mass is 9.83. The summed E-state index contributed by atoms with van der Waals surface area (Å²) in [4.78, 5) is 11.6. The normalized spacial score (nSPS) is 32.3. The van der Waals surface area contributed by atoms with E-state index in [-0.39, 0.29) is 18.0 Å². The van der Waals surface area contributed by atoms with Gasteiger partial charge in [0.1, 0.15) is 0 Å². The van der Waals surface area contributed by atoms with Gasteiger partial charge < -0.3 is 10.4 Å². The van der Waals surface area contributed by atoms with Crippen molar-refractivity contribution in [3.63, 3.8) is 0 Å². The molecule has 0 radical (unpaired) electrons. The van der Waals surface area contributed by atoms with Crippen molar-refractivity contribution in [2.45, 2.75) is 44.7 Å². The minimum absolute atomic E-state index is 0.130. The fourth-order valence-electron chi connectivity index (χ4n) is 4.29. The Bertz CT molecular complexity index is 533. The monoisotopic (exact) mass is 351 g/mol. The molecule has 5 unspecified atom stereocenters. The number of carboxylic acid groups (broad SMARTS) is 1. The highest BCUT2D eigenvalue weighted by Crippen LogP contribution is 2.49. The van der Waals surface area contributed by atoms with Gasteiger partial charge in [-0.05, 0) is 55.2 Å². The maximum Gasteiger partial charge on any atom is 0.308 e. The zero-order chi connectivity index (χ0) is 15.0. The Labute approximate surface area is 134 Å². The van der Waals surface area contributed by atoms with Crippen LogP contribution in [-0.2, 0) is 4.79 Å². The molecule has 0 heterocycles. The van der Waals surface area contributed by atoms with E-state index in [0.29, 0.717) is 11.8 Å². The highest BCUT2D eigenvalue weighted by atomic mass is 79.9. The Kier molecular flexibility index (Phi) is 4.36. The van der Waals surface area contributed by atoms with E-state index in [4.69, 9.17) is 0 Å². The van der Waals surface area contributed by atoms with Crippen LogP contribution in [0.4, 0.5) is 0 Å². The van der Waals surface area contributed by atoms with Crippen LogP contribution in [0.3, 0.4) is 0 Å². The lowest BCUT2D eigenvalue weighted by Gasteiger charge is -2.32. The third-order valence-corrected chi connectivity index (χ3v) is 5.75. The van der Waals surface area contributed by atoms with Crippen LogP contribution in [0, 0.1) is 17.8 Å². The summed E-state index contributed by atoms with van der Waals surface area (Å²) >= 11 is 3.52. The van der Waals surface area contributed by atoms with Gasteiger partial charge in [-0.1, -0.05) is 35.0 Å². The van der Waals surface area contributed by atoms with Crippen molar-refractivity contribution in [2.75, 3.05) is 0 Å². The van der Waals surface area contributed by atoms with Gasteiger partial charge in [-0.3, -0.25) is 4.79 Å². The number of hydrogen-bond donors (Lipinski definition) is 2. The molecule has 0 saturated heterocycles. The molecule has 1 aromatic carbocycles. The number of hydrogen-bond acceptors (Lipinski definition) is 2. The maximum atomic E-state index is 11.6. The third kappa shape index (κ3) is 2.88. The minimum Gasteiger partial charge on any atom is -0.481 e. The fourth-order valence-corrected chi connectivity index (χ4v) is 4.71. The van der Waals surface area contributed by atoms with Crippen molar-refractivity contribution in [1.29, 1.82) is 0 Å². The number of carboxylic acids is 1. The molecule has 0 spiro atoms. The smallest absolute Gasteiger partial charge is 0.308 e. The molecule has 0 amide bonds. The second-order valence-electron chi connectivity index (χ2n) is 6.41. The molecule has 114 valence electrons. The van der Waals surface area contributed by atoms with E-state index in [2.05, 4.69) is 40.3 Å². The Hall–Kier alpha value is -0.870. The first kappa shape index (κ1) is 15.0. The van der Waals surface area contributed by atoms with E-state index in [0.717, 1.165) is 23.7 Å². The quantitative estimate of drug-likeness (QED) is 0.843. The van der Waals surface area contributed by atoms with Gasteiger partial charge in [0.25, 0.3) is 0 Å². The van der Waals surface area contributed by atoms with Crippen LogP contribution in [0.5, 0.6) is 0 Å². The molecule has 3 rings (SSSR count). The fraction of sp³-hybridized carbons (Fsp3) is 0.588. The molecule has 0 aliphatic heterocycles. The summed E-state index contributed by atoms with van der Waals surface area (Å²) in [5, 5.41) is 13.2. The van der Waals surface area contributed by atoms with Crippen molar-refractivity contribution >= 4 is 21.9 Å². The first-order valence-corrected chi connectivity index (χ1v) is 8.63. The molecule has 4 heteroatoms. The predicted molar refractivity (Wildman–Crippen MR) is 86.1 cm³/mol. The molecule has 2 aliphatic rings.